The molecule has 0 N–H and O–H groups in total. The van der Waals surface area contributed by atoms with Gasteiger partial charge in [0, 0.05) is 5.92 Å². The second kappa shape index (κ2) is 3.84. The van der Waals surface area contributed by atoms with Crippen molar-refractivity contribution in [3.05, 3.63) is 47.6 Å². The molecule has 15 heavy (non-hydrogen) atoms. The minimum absolute atomic E-state index is 0.623. The quantitative estimate of drug-likeness (QED) is 0.593. The molecule has 0 radical (unpaired) electrons. The maximum Gasteiger partial charge on any atom is 0.0237 e. The van der Waals surface area contributed by atoms with E-state index in [-0.39, 0.29) is 0 Å². The summed E-state index contributed by atoms with van der Waals surface area (Å²) >= 11 is 0. The molecular weight excluding hydrogens is 180 g/mol. The molecule has 3 aliphatic carbocycles. The van der Waals surface area contributed by atoms with Gasteiger partial charge in [0.15, 0.2) is 0 Å². The maximum absolute atomic E-state index is 2.38. The van der Waals surface area contributed by atoms with Crippen LogP contribution in [0.1, 0.15) is 32.1 Å². The van der Waals surface area contributed by atoms with E-state index >= 15 is 0 Å². The van der Waals surface area contributed by atoms with Gasteiger partial charge in [-0.25, -0.2) is 0 Å². The van der Waals surface area contributed by atoms with Crippen LogP contribution in [0.15, 0.2) is 47.6 Å². The van der Waals surface area contributed by atoms with E-state index in [0.717, 1.165) is 5.92 Å². The van der Waals surface area contributed by atoms with Crippen molar-refractivity contribution in [1.82, 2.24) is 0 Å². The van der Waals surface area contributed by atoms with E-state index in [2.05, 4.69) is 36.5 Å². The van der Waals surface area contributed by atoms with Crippen molar-refractivity contribution in [2.24, 2.45) is 11.8 Å². The van der Waals surface area contributed by atoms with Gasteiger partial charge in [-0.1, -0.05) is 61.3 Å². The van der Waals surface area contributed by atoms with Crippen molar-refractivity contribution in [3.8, 4) is 0 Å². The minimum atomic E-state index is 0.623. The molecule has 1 atom stereocenters. The Balaban J connectivity index is 1.79. The molecular formula is C15H18. The zero-order valence-corrected chi connectivity index (χ0v) is 9.15. The van der Waals surface area contributed by atoms with Gasteiger partial charge in [-0.2, -0.15) is 0 Å². The molecule has 0 spiro atoms. The molecule has 3 rings (SSSR count). The van der Waals surface area contributed by atoms with Crippen molar-refractivity contribution in [2.45, 2.75) is 32.1 Å². The van der Waals surface area contributed by atoms with Gasteiger partial charge in [-0.05, 0) is 24.3 Å². The van der Waals surface area contributed by atoms with Gasteiger partial charge in [0.25, 0.3) is 0 Å². The molecule has 1 saturated carbocycles. The molecule has 0 aromatic carbocycles. The van der Waals surface area contributed by atoms with Gasteiger partial charge in [0.2, 0.25) is 0 Å². The molecule has 3 aliphatic rings. The van der Waals surface area contributed by atoms with Crippen LogP contribution in [0.2, 0.25) is 0 Å². The summed E-state index contributed by atoms with van der Waals surface area (Å²) in [5.74, 6) is 1.49. The topological polar surface area (TPSA) is 0 Å². The fourth-order valence-electron chi connectivity index (χ4n) is 3.14. The number of fused-ring (bicyclic) bond motifs is 1. The Morgan fingerprint density at radius 3 is 2.67 bits per heavy atom. The van der Waals surface area contributed by atoms with Crippen LogP contribution in [0.5, 0.6) is 0 Å². The summed E-state index contributed by atoms with van der Waals surface area (Å²) < 4.78 is 0. The highest BCUT2D eigenvalue weighted by Crippen LogP contribution is 2.41. The molecule has 0 aromatic rings. The molecule has 0 saturated heterocycles. The third kappa shape index (κ3) is 1.62. The summed E-state index contributed by atoms with van der Waals surface area (Å²) in [6.07, 6.45) is 20.8. The number of hydrogen-bond acceptors (Lipinski definition) is 0. The molecule has 0 bridgehead atoms. The van der Waals surface area contributed by atoms with Crippen LogP contribution < -0.4 is 0 Å². The minimum Gasteiger partial charge on any atom is -0.0730 e. The Morgan fingerprint density at radius 1 is 0.933 bits per heavy atom. The average Bonchev–Trinajstić information content (AvgIpc) is 2.74. The molecule has 0 nitrogen and oxygen atoms in total. The lowest BCUT2D eigenvalue weighted by atomic mass is 9.77. The predicted molar refractivity (Wildman–Crippen MR) is 64.5 cm³/mol. The smallest absolute Gasteiger partial charge is 0.0237 e. The van der Waals surface area contributed by atoms with E-state index in [4.69, 9.17) is 0 Å². The highest BCUT2D eigenvalue weighted by atomic mass is 14.3. The molecule has 0 heterocycles. The van der Waals surface area contributed by atoms with Crippen LogP contribution >= 0.6 is 0 Å². The van der Waals surface area contributed by atoms with Crippen molar-refractivity contribution in [1.29, 1.82) is 0 Å². The Labute approximate surface area is 92.1 Å². The van der Waals surface area contributed by atoms with E-state index in [1.807, 2.05) is 0 Å². The summed E-state index contributed by atoms with van der Waals surface area (Å²) in [5.41, 5.74) is 3.18. The lowest BCUT2D eigenvalue weighted by Gasteiger charge is -2.27. The first-order valence-corrected chi connectivity index (χ1v) is 6.22. The normalized spacial score (nSPS) is 30.0. The van der Waals surface area contributed by atoms with Crippen LogP contribution in [0.25, 0.3) is 0 Å². The molecule has 1 unspecified atom stereocenters. The van der Waals surface area contributed by atoms with E-state index in [1.165, 1.54) is 37.7 Å². The highest BCUT2D eigenvalue weighted by molar-refractivity contribution is 5.48. The SMILES string of the molecule is C1=CC2=CC=C(C3CCCCC3)C2C=C1. The van der Waals surface area contributed by atoms with Crippen molar-refractivity contribution < 1.29 is 0 Å². The van der Waals surface area contributed by atoms with Crippen molar-refractivity contribution in [2.75, 3.05) is 0 Å². The predicted octanol–water partition coefficient (Wildman–Crippen LogP) is 4.18. The zero-order chi connectivity index (χ0) is 10.1. The van der Waals surface area contributed by atoms with Crippen LogP contribution in [0, 0.1) is 11.8 Å². The second-order valence-electron chi connectivity index (χ2n) is 4.89. The molecule has 78 valence electrons. The molecule has 0 aliphatic heterocycles. The first kappa shape index (κ1) is 9.21. The number of hydrogen-bond donors (Lipinski definition) is 0. The summed E-state index contributed by atoms with van der Waals surface area (Å²) in [5, 5.41) is 0. The fourth-order valence-corrected chi connectivity index (χ4v) is 3.14. The standard InChI is InChI=1S/C15H18/c1-2-6-12(7-3-1)15-11-10-13-8-4-5-9-14(13)15/h4-5,8-12,14H,1-3,6-7H2. The molecule has 0 aromatic heterocycles. The first-order chi connectivity index (χ1) is 7.45. The van der Waals surface area contributed by atoms with Crippen LogP contribution in [-0.2, 0) is 0 Å². The zero-order valence-electron chi connectivity index (χ0n) is 9.15. The van der Waals surface area contributed by atoms with E-state index in [0.29, 0.717) is 5.92 Å². The summed E-state index contributed by atoms with van der Waals surface area (Å²) in [7, 11) is 0. The Kier molecular flexibility index (Phi) is 2.36. The molecule has 0 heteroatoms. The van der Waals surface area contributed by atoms with Crippen LogP contribution in [-0.4, -0.2) is 0 Å². The van der Waals surface area contributed by atoms with Crippen LogP contribution in [0.4, 0.5) is 0 Å². The van der Waals surface area contributed by atoms with E-state index in [9.17, 15) is 0 Å². The Hall–Kier alpha value is -1.04. The Morgan fingerprint density at radius 2 is 1.80 bits per heavy atom. The van der Waals surface area contributed by atoms with Gasteiger partial charge in [-0.3, -0.25) is 0 Å². The monoisotopic (exact) mass is 198 g/mol. The fraction of sp³-hybridized carbons (Fsp3) is 0.467. The van der Waals surface area contributed by atoms with Gasteiger partial charge in [0.05, 0.1) is 0 Å². The average molecular weight is 198 g/mol. The number of allylic oxidation sites excluding steroid dienone is 8. The van der Waals surface area contributed by atoms with Gasteiger partial charge in [0.1, 0.15) is 0 Å². The third-order valence-electron chi connectivity index (χ3n) is 3.97. The Bertz CT molecular complexity index is 359. The first-order valence-electron chi connectivity index (χ1n) is 6.22. The summed E-state index contributed by atoms with van der Waals surface area (Å²) in [4.78, 5) is 0. The van der Waals surface area contributed by atoms with Gasteiger partial charge in [-0.15, -0.1) is 0 Å². The van der Waals surface area contributed by atoms with Crippen molar-refractivity contribution in [3.63, 3.8) is 0 Å². The van der Waals surface area contributed by atoms with E-state index < -0.39 is 0 Å². The van der Waals surface area contributed by atoms with E-state index in [1.54, 1.807) is 5.57 Å². The summed E-state index contributed by atoms with van der Waals surface area (Å²) in [6.45, 7) is 0. The lowest BCUT2D eigenvalue weighted by molar-refractivity contribution is 0.391. The second-order valence-corrected chi connectivity index (χ2v) is 4.89. The van der Waals surface area contributed by atoms with Crippen molar-refractivity contribution >= 4 is 0 Å². The maximum atomic E-state index is 2.38. The van der Waals surface area contributed by atoms with Gasteiger partial charge >= 0.3 is 0 Å². The lowest BCUT2D eigenvalue weighted by Crippen LogP contribution is -2.14. The third-order valence-corrected chi connectivity index (χ3v) is 3.97. The molecule has 1 fully saturated rings. The highest BCUT2D eigenvalue weighted by Gasteiger charge is 2.27. The number of rotatable bonds is 1. The van der Waals surface area contributed by atoms with Gasteiger partial charge < -0.3 is 0 Å². The largest absolute Gasteiger partial charge is 0.0730 e. The summed E-state index contributed by atoms with van der Waals surface area (Å²) in [6, 6.07) is 0. The van der Waals surface area contributed by atoms with Crippen LogP contribution in [0.3, 0.4) is 0 Å². The molecule has 0 amide bonds.